The minimum absolute atomic E-state index is 0.0907. The highest BCUT2D eigenvalue weighted by Gasteiger charge is 2.34. The van der Waals surface area contributed by atoms with Gasteiger partial charge < -0.3 is 10.1 Å². The number of esters is 1. The van der Waals surface area contributed by atoms with Gasteiger partial charge in [-0.3, -0.25) is 19.2 Å². The molecular formula is C22H19N3O5. The van der Waals surface area contributed by atoms with Crippen molar-refractivity contribution in [2.75, 3.05) is 5.32 Å². The molecule has 0 fully saturated rings. The van der Waals surface area contributed by atoms with Crippen molar-refractivity contribution in [2.24, 2.45) is 11.0 Å². The van der Waals surface area contributed by atoms with Crippen LogP contribution in [0.2, 0.25) is 0 Å². The van der Waals surface area contributed by atoms with Crippen molar-refractivity contribution >= 4 is 35.0 Å². The molecule has 0 aliphatic carbocycles. The van der Waals surface area contributed by atoms with Crippen molar-refractivity contribution in [3.8, 4) is 0 Å². The Bertz CT molecular complexity index is 1070. The number of carbonyl (C=O) groups excluding carboxylic acids is 4. The number of amides is 2. The molecule has 1 aliphatic heterocycles. The smallest absolute Gasteiger partial charge is 0.327 e. The van der Waals surface area contributed by atoms with E-state index in [1.165, 1.54) is 26.0 Å². The number of para-hydroxylation sites is 1. The molecule has 0 saturated heterocycles. The monoisotopic (exact) mass is 405 g/mol. The maximum Gasteiger partial charge on any atom is 0.327 e. The first-order valence-corrected chi connectivity index (χ1v) is 9.10. The molecule has 0 bridgehead atoms. The van der Waals surface area contributed by atoms with Crippen LogP contribution in [-0.2, 0) is 14.3 Å². The fourth-order valence-corrected chi connectivity index (χ4v) is 2.86. The van der Waals surface area contributed by atoms with Gasteiger partial charge in [-0.25, -0.2) is 5.43 Å². The fourth-order valence-electron chi connectivity index (χ4n) is 2.86. The van der Waals surface area contributed by atoms with E-state index in [9.17, 15) is 19.2 Å². The van der Waals surface area contributed by atoms with E-state index >= 15 is 0 Å². The van der Waals surface area contributed by atoms with Crippen molar-refractivity contribution in [1.29, 1.82) is 0 Å². The molecule has 0 radical (unpaired) electrons. The van der Waals surface area contributed by atoms with Gasteiger partial charge in [0.15, 0.2) is 11.7 Å². The highest BCUT2D eigenvalue weighted by molar-refractivity contribution is 6.23. The molecule has 0 saturated carbocycles. The van der Waals surface area contributed by atoms with E-state index in [0.29, 0.717) is 11.3 Å². The van der Waals surface area contributed by atoms with E-state index in [2.05, 4.69) is 15.8 Å². The van der Waals surface area contributed by atoms with Gasteiger partial charge in [-0.05, 0) is 38.1 Å². The zero-order chi connectivity index (χ0) is 21.7. The first-order chi connectivity index (χ1) is 14.4. The first kappa shape index (κ1) is 20.7. The van der Waals surface area contributed by atoms with Crippen LogP contribution in [0.3, 0.4) is 0 Å². The van der Waals surface area contributed by atoms with Crippen molar-refractivity contribution in [3.63, 3.8) is 0 Å². The molecule has 2 amide bonds. The maximum atomic E-state index is 12.6. The standard InChI is InChI=1S/C22H19N3O5/c1-13-12-18(26)19(22(29)30-13)14(2)24-25-21(28)16-10-6-7-11-17(16)23-20(27)15-8-4-3-5-9-15/h3-12,19H,1-2H3,(H,23,27)(H,25,28)/b24-14+. The van der Waals surface area contributed by atoms with Gasteiger partial charge in [-0.1, -0.05) is 30.3 Å². The summed E-state index contributed by atoms with van der Waals surface area (Å²) in [4.78, 5) is 49.0. The summed E-state index contributed by atoms with van der Waals surface area (Å²) in [7, 11) is 0. The number of nitrogens with one attached hydrogen (secondary N) is 2. The fraction of sp³-hybridized carbons (Fsp3) is 0.136. The van der Waals surface area contributed by atoms with Crippen LogP contribution in [0.5, 0.6) is 0 Å². The molecule has 1 heterocycles. The summed E-state index contributed by atoms with van der Waals surface area (Å²) in [6, 6.07) is 15.0. The van der Waals surface area contributed by atoms with Gasteiger partial charge in [0.25, 0.3) is 11.8 Å². The van der Waals surface area contributed by atoms with Gasteiger partial charge in [-0.15, -0.1) is 0 Å². The quantitative estimate of drug-likeness (QED) is 0.344. The normalized spacial score (nSPS) is 16.4. The van der Waals surface area contributed by atoms with Crippen LogP contribution in [0.4, 0.5) is 5.69 Å². The number of nitrogens with zero attached hydrogens (tertiary/aromatic N) is 1. The Hall–Kier alpha value is -4.07. The molecule has 2 aromatic carbocycles. The molecule has 1 atom stereocenters. The lowest BCUT2D eigenvalue weighted by atomic mass is 9.97. The second-order valence-electron chi connectivity index (χ2n) is 6.57. The van der Waals surface area contributed by atoms with Crippen LogP contribution in [0, 0.1) is 5.92 Å². The number of hydrogen-bond acceptors (Lipinski definition) is 6. The van der Waals surface area contributed by atoms with Gasteiger partial charge in [0.1, 0.15) is 5.76 Å². The Balaban J connectivity index is 1.75. The second kappa shape index (κ2) is 8.95. The lowest BCUT2D eigenvalue weighted by Crippen LogP contribution is -2.35. The number of carbonyl (C=O) groups is 4. The van der Waals surface area contributed by atoms with E-state index in [4.69, 9.17) is 4.74 Å². The molecule has 0 spiro atoms. The number of rotatable bonds is 5. The summed E-state index contributed by atoms with van der Waals surface area (Å²) < 4.78 is 4.95. The molecule has 152 valence electrons. The lowest BCUT2D eigenvalue weighted by Gasteiger charge is -2.18. The number of ketones is 1. The molecule has 0 aromatic heterocycles. The Kier molecular flexibility index (Phi) is 6.17. The largest absolute Gasteiger partial charge is 0.430 e. The number of benzene rings is 2. The predicted molar refractivity (Wildman–Crippen MR) is 110 cm³/mol. The SMILES string of the molecule is CC1=CC(=O)C(/C(C)=N/NC(=O)c2ccccc2NC(=O)c2ccccc2)C(=O)O1. The molecule has 8 nitrogen and oxygen atoms in total. The average molecular weight is 405 g/mol. The Labute approximate surface area is 172 Å². The van der Waals surface area contributed by atoms with Crippen LogP contribution < -0.4 is 10.7 Å². The number of ether oxygens (including phenoxy) is 1. The van der Waals surface area contributed by atoms with Crippen LogP contribution >= 0.6 is 0 Å². The lowest BCUT2D eigenvalue weighted by molar-refractivity contribution is -0.146. The number of anilines is 1. The van der Waals surface area contributed by atoms with Crippen LogP contribution in [0.15, 0.2) is 71.5 Å². The maximum absolute atomic E-state index is 12.6. The number of hydrogen-bond donors (Lipinski definition) is 2. The second-order valence-corrected chi connectivity index (χ2v) is 6.57. The van der Waals surface area contributed by atoms with Gasteiger partial charge in [0, 0.05) is 11.6 Å². The molecule has 30 heavy (non-hydrogen) atoms. The number of hydrazone groups is 1. The summed E-state index contributed by atoms with van der Waals surface area (Å²) >= 11 is 0. The first-order valence-electron chi connectivity index (χ1n) is 9.10. The van der Waals surface area contributed by atoms with Crippen molar-refractivity contribution in [3.05, 3.63) is 77.6 Å². The van der Waals surface area contributed by atoms with Crippen LogP contribution in [0.1, 0.15) is 34.6 Å². The summed E-state index contributed by atoms with van der Waals surface area (Å²) in [5.41, 5.74) is 3.32. The minimum atomic E-state index is -1.21. The molecule has 2 aromatic rings. The topological polar surface area (TPSA) is 114 Å². The molecule has 3 rings (SSSR count). The van der Waals surface area contributed by atoms with Crippen LogP contribution in [0.25, 0.3) is 0 Å². The van der Waals surface area contributed by atoms with E-state index < -0.39 is 23.6 Å². The van der Waals surface area contributed by atoms with E-state index in [1.54, 1.807) is 48.5 Å². The average Bonchev–Trinajstić information content (AvgIpc) is 2.72. The minimum Gasteiger partial charge on any atom is -0.430 e. The summed E-state index contributed by atoms with van der Waals surface area (Å²) in [5.74, 6) is -3.18. The third kappa shape index (κ3) is 4.67. The van der Waals surface area contributed by atoms with Crippen molar-refractivity contribution in [2.45, 2.75) is 13.8 Å². The number of cyclic esters (lactones) is 1. The highest BCUT2D eigenvalue weighted by Crippen LogP contribution is 2.18. The van der Waals surface area contributed by atoms with E-state index in [0.717, 1.165) is 0 Å². The van der Waals surface area contributed by atoms with Gasteiger partial charge >= 0.3 is 5.97 Å². The summed E-state index contributed by atoms with van der Waals surface area (Å²) in [5, 5.41) is 6.58. The highest BCUT2D eigenvalue weighted by atomic mass is 16.5. The van der Waals surface area contributed by atoms with E-state index in [-0.39, 0.29) is 22.9 Å². The van der Waals surface area contributed by atoms with Crippen LogP contribution in [-0.4, -0.2) is 29.3 Å². The predicted octanol–water partition coefficient (Wildman–Crippen LogP) is 2.69. The Morgan fingerprint density at radius 3 is 2.33 bits per heavy atom. The van der Waals surface area contributed by atoms with Gasteiger partial charge in [0.2, 0.25) is 0 Å². The Morgan fingerprint density at radius 1 is 0.967 bits per heavy atom. The summed E-state index contributed by atoms with van der Waals surface area (Å²) in [6.07, 6.45) is 1.21. The number of allylic oxidation sites excluding steroid dienone is 2. The molecular weight excluding hydrogens is 386 g/mol. The zero-order valence-electron chi connectivity index (χ0n) is 16.3. The zero-order valence-corrected chi connectivity index (χ0v) is 16.3. The summed E-state index contributed by atoms with van der Waals surface area (Å²) in [6.45, 7) is 2.95. The molecule has 8 heteroatoms. The van der Waals surface area contributed by atoms with Gasteiger partial charge in [-0.2, -0.15) is 5.10 Å². The van der Waals surface area contributed by atoms with Gasteiger partial charge in [0.05, 0.1) is 17.0 Å². The van der Waals surface area contributed by atoms with Crippen molar-refractivity contribution in [1.82, 2.24) is 5.43 Å². The van der Waals surface area contributed by atoms with Crippen molar-refractivity contribution < 1.29 is 23.9 Å². The third-order valence-electron chi connectivity index (χ3n) is 4.33. The molecule has 2 N–H and O–H groups in total. The van der Waals surface area contributed by atoms with E-state index in [1.807, 2.05) is 0 Å². The third-order valence-corrected chi connectivity index (χ3v) is 4.33. The molecule has 1 aliphatic rings. The Morgan fingerprint density at radius 2 is 1.63 bits per heavy atom. The molecule has 1 unspecified atom stereocenters.